The monoisotopic (exact) mass is 310 g/mol. The van der Waals surface area contributed by atoms with Crippen molar-refractivity contribution in [2.45, 2.75) is 6.29 Å². The fraction of sp³-hybridized carbons (Fsp3) is 0.222. The molecule has 0 aliphatic carbocycles. The first kappa shape index (κ1) is 15.4. The van der Waals surface area contributed by atoms with Gasteiger partial charge in [0.05, 0.1) is 18.1 Å². The molecule has 0 unspecified atom stereocenters. The number of nitrogens with zero attached hydrogens (tertiary/aromatic N) is 2. The molecule has 5 nitrogen and oxygen atoms in total. The van der Waals surface area contributed by atoms with Gasteiger partial charge in [-0.05, 0) is 24.3 Å². The summed E-state index contributed by atoms with van der Waals surface area (Å²) in [4.78, 5) is 9.47. The second-order valence-corrected chi connectivity index (χ2v) is 4.95. The molecule has 0 N–H and O–H groups in total. The molecule has 0 amide bonds. The molecule has 3 rings (SSSR count). The second kappa shape index (κ2) is 6.73. The van der Waals surface area contributed by atoms with Crippen molar-refractivity contribution in [1.29, 1.82) is 0 Å². The molecule has 0 saturated carbocycles. The fourth-order valence-corrected chi connectivity index (χ4v) is 2.54. The maximum Gasteiger partial charge on any atom is 0.202 e. The van der Waals surface area contributed by atoms with Crippen LogP contribution < -0.4 is 4.74 Å². The lowest BCUT2D eigenvalue weighted by molar-refractivity contribution is -0.108. The van der Waals surface area contributed by atoms with E-state index in [1.165, 1.54) is 0 Å². The SMILES string of the molecule is COc1ccccc1-c1nc2ccccc2nc1C(OC)OC. The van der Waals surface area contributed by atoms with Gasteiger partial charge in [0, 0.05) is 19.8 Å². The Morgan fingerprint density at radius 3 is 2.04 bits per heavy atom. The third-order valence-electron chi connectivity index (χ3n) is 3.61. The van der Waals surface area contributed by atoms with Gasteiger partial charge in [0.15, 0.2) is 0 Å². The summed E-state index contributed by atoms with van der Waals surface area (Å²) < 4.78 is 16.3. The molecule has 1 aromatic heterocycles. The van der Waals surface area contributed by atoms with Crippen molar-refractivity contribution in [3.05, 3.63) is 54.2 Å². The van der Waals surface area contributed by atoms with Gasteiger partial charge >= 0.3 is 0 Å². The molecular formula is C18H18N2O3. The van der Waals surface area contributed by atoms with Gasteiger partial charge in [-0.2, -0.15) is 0 Å². The maximum atomic E-state index is 5.46. The first-order valence-corrected chi connectivity index (χ1v) is 7.24. The molecule has 0 bridgehead atoms. The van der Waals surface area contributed by atoms with Gasteiger partial charge in [0.2, 0.25) is 6.29 Å². The Hall–Kier alpha value is -2.50. The van der Waals surface area contributed by atoms with Gasteiger partial charge < -0.3 is 14.2 Å². The van der Waals surface area contributed by atoms with Crippen LogP contribution in [0.4, 0.5) is 0 Å². The van der Waals surface area contributed by atoms with E-state index in [0.717, 1.165) is 22.3 Å². The van der Waals surface area contributed by atoms with Crippen LogP contribution in [-0.4, -0.2) is 31.3 Å². The predicted molar refractivity (Wildman–Crippen MR) is 88.3 cm³/mol. The fourth-order valence-electron chi connectivity index (χ4n) is 2.54. The van der Waals surface area contributed by atoms with Gasteiger partial charge in [0.25, 0.3) is 0 Å². The standard InChI is InChI=1S/C18H18N2O3/c1-21-15-11-7-4-8-12(15)16-17(18(22-2)23-3)20-14-10-6-5-9-13(14)19-16/h4-11,18H,1-3H3. The summed E-state index contributed by atoms with van der Waals surface area (Å²) in [6.45, 7) is 0. The third kappa shape index (κ3) is 2.88. The zero-order chi connectivity index (χ0) is 16.2. The van der Waals surface area contributed by atoms with Gasteiger partial charge in [0.1, 0.15) is 17.1 Å². The Balaban J connectivity index is 2.30. The van der Waals surface area contributed by atoms with Crippen LogP contribution in [-0.2, 0) is 9.47 Å². The highest BCUT2D eigenvalue weighted by Gasteiger charge is 2.21. The molecule has 0 atom stereocenters. The molecule has 1 heterocycles. The van der Waals surface area contributed by atoms with Gasteiger partial charge in [-0.3, -0.25) is 0 Å². The summed E-state index contributed by atoms with van der Waals surface area (Å²) in [6, 6.07) is 15.4. The number of benzene rings is 2. The lowest BCUT2D eigenvalue weighted by Gasteiger charge is -2.18. The van der Waals surface area contributed by atoms with Gasteiger partial charge in [-0.25, -0.2) is 9.97 Å². The molecular weight excluding hydrogens is 292 g/mol. The average molecular weight is 310 g/mol. The summed E-state index contributed by atoms with van der Waals surface area (Å²) in [5.74, 6) is 0.726. The first-order chi connectivity index (χ1) is 11.3. The molecule has 0 fully saturated rings. The second-order valence-electron chi connectivity index (χ2n) is 4.95. The lowest BCUT2D eigenvalue weighted by Crippen LogP contribution is -2.10. The van der Waals surface area contributed by atoms with Crippen LogP contribution >= 0.6 is 0 Å². The Labute approximate surface area is 134 Å². The molecule has 5 heteroatoms. The predicted octanol–water partition coefficient (Wildman–Crippen LogP) is 3.60. The van der Waals surface area contributed by atoms with E-state index in [9.17, 15) is 0 Å². The van der Waals surface area contributed by atoms with Crippen molar-refractivity contribution >= 4 is 11.0 Å². The average Bonchev–Trinajstić information content (AvgIpc) is 2.62. The molecule has 0 radical (unpaired) electrons. The number of aromatic nitrogens is 2. The van der Waals surface area contributed by atoms with Gasteiger partial charge in [-0.15, -0.1) is 0 Å². The van der Waals surface area contributed by atoms with E-state index in [-0.39, 0.29) is 0 Å². The highest BCUT2D eigenvalue weighted by Crippen LogP contribution is 2.34. The highest BCUT2D eigenvalue weighted by molar-refractivity contribution is 5.80. The summed E-state index contributed by atoms with van der Waals surface area (Å²) in [5, 5.41) is 0. The van der Waals surface area contributed by atoms with Crippen LogP contribution in [0.3, 0.4) is 0 Å². The maximum absolute atomic E-state index is 5.46. The number of rotatable bonds is 5. The smallest absolute Gasteiger partial charge is 0.202 e. The summed E-state index contributed by atoms with van der Waals surface area (Å²) in [6.07, 6.45) is -0.605. The van der Waals surface area contributed by atoms with Crippen molar-refractivity contribution in [2.75, 3.05) is 21.3 Å². The number of para-hydroxylation sites is 3. The number of fused-ring (bicyclic) bond motifs is 1. The number of hydrogen-bond donors (Lipinski definition) is 0. The zero-order valence-corrected chi connectivity index (χ0v) is 13.3. The molecule has 0 aliphatic rings. The molecule has 3 aromatic rings. The van der Waals surface area contributed by atoms with Crippen molar-refractivity contribution < 1.29 is 14.2 Å². The van der Waals surface area contributed by atoms with E-state index >= 15 is 0 Å². The minimum Gasteiger partial charge on any atom is -0.496 e. The Morgan fingerprint density at radius 1 is 0.783 bits per heavy atom. The largest absolute Gasteiger partial charge is 0.496 e. The number of hydrogen-bond acceptors (Lipinski definition) is 5. The topological polar surface area (TPSA) is 53.5 Å². The van der Waals surface area contributed by atoms with Crippen LogP contribution in [0.5, 0.6) is 5.75 Å². The van der Waals surface area contributed by atoms with E-state index in [1.54, 1.807) is 21.3 Å². The van der Waals surface area contributed by atoms with Crippen molar-refractivity contribution in [2.24, 2.45) is 0 Å². The minimum absolute atomic E-state index is 0.605. The number of methoxy groups -OCH3 is 3. The summed E-state index contributed by atoms with van der Waals surface area (Å²) >= 11 is 0. The third-order valence-corrected chi connectivity index (χ3v) is 3.61. The molecule has 23 heavy (non-hydrogen) atoms. The normalized spacial score (nSPS) is 11.1. The molecule has 0 saturated heterocycles. The van der Waals surface area contributed by atoms with Crippen LogP contribution in [0.25, 0.3) is 22.3 Å². The molecule has 0 spiro atoms. The number of ether oxygens (including phenoxy) is 3. The van der Waals surface area contributed by atoms with Crippen molar-refractivity contribution in [3.63, 3.8) is 0 Å². The summed E-state index contributed by atoms with van der Waals surface area (Å²) in [5.41, 5.74) is 3.76. The lowest BCUT2D eigenvalue weighted by atomic mass is 10.1. The quantitative estimate of drug-likeness (QED) is 0.674. The van der Waals surface area contributed by atoms with Crippen LogP contribution in [0, 0.1) is 0 Å². The first-order valence-electron chi connectivity index (χ1n) is 7.24. The van der Waals surface area contributed by atoms with Crippen molar-refractivity contribution in [3.8, 4) is 17.0 Å². The van der Waals surface area contributed by atoms with Gasteiger partial charge in [-0.1, -0.05) is 24.3 Å². The molecule has 2 aromatic carbocycles. The van der Waals surface area contributed by atoms with E-state index < -0.39 is 6.29 Å². The van der Waals surface area contributed by atoms with Crippen molar-refractivity contribution in [1.82, 2.24) is 9.97 Å². The van der Waals surface area contributed by atoms with E-state index in [1.807, 2.05) is 48.5 Å². The zero-order valence-electron chi connectivity index (χ0n) is 13.3. The van der Waals surface area contributed by atoms with Crippen LogP contribution in [0.1, 0.15) is 12.0 Å². The Morgan fingerprint density at radius 2 is 1.39 bits per heavy atom. The summed E-state index contributed by atoms with van der Waals surface area (Å²) in [7, 11) is 4.80. The van der Waals surface area contributed by atoms with E-state index in [0.29, 0.717) is 11.4 Å². The molecule has 118 valence electrons. The Kier molecular flexibility index (Phi) is 4.50. The minimum atomic E-state index is -0.605. The van der Waals surface area contributed by atoms with E-state index in [4.69, 9.17) is 24.2 Å². The Bertz CT molecular complexity index is 816. The highest BCUT2D eigenvalue weighted by atomic mass is 16.7. The van der Waals surface area contributed by atoms with Crippen LogP contribution in [0.2, 0.25) is 0 Å². The van der Waals surface area contributed by atoms with Crippen LogP contribution in [0.15, 0.2) is 48.5 Å². The molecule has 0 aliphatic heterocycles. The van der Waals surface area contributed by atoms with E-state index in [2.05, 4.69) is 0 Å².